The molecule has 3 unspecified atom stereocenters. The summed E-state index contributed by atoms with van der Waals surface area (Å²) in [5, 5.41) is 3.39. The molecule has 2 fully saturated rings. The fourth-order valence-corrected chi connectivity index (χ4v) is 3.23. The summed E-state index contributed by atoms with van der Waals surface area (Å²) in [6.45, 7) is 6.41. The number of carbonyl (C=O) groups excluding carboxylic acids is 1. The van der Waals surface area contributed by atoms with Crippen LogP contribution < -0.4 is 5.32 Å². The SMILES string of the molecule is CCCNC1CCCN(C2CCC(C)C2)C1=O. The van der Waals surface area contributed by atoms with Crippen molar-refractivity contribution in [2.45, 2.75) is 64.5 Å². The number of carbonyl (C=O) groups is 1. The van der Waals surface area contributed by atoms with E-state index < -0.39 is 0 Å². The van der Waals surface area contributed by atoms with Gasteiger partial charge in [0.05, 0.1) is 6.04 Å². The van der Waals surface area contributed by atoms with E-state index in [1.165, 1.54) is 19.3 Å². The zero-order valence-electron chi connectivity index (χ0n) is 11.2. The van der Waals surface area contributed by atoms with Crippen molar-refractivity contribution in [3.8, 4) is 0 Å². The quantitative estimate of drug-likeness (QED) is 0.814. The van der Waals surface area contributed by atoms with E-state index in [-0.39, 0.29) is 6.04 Å². The highest BCUT2D eigenvalue weighted by Crippen LogP contribution is 2.30. The summed E-state index contributed by atoms with van der Waals surface area (Å²) in [7, 11) is 0. The third-order valence-electron chi connectivity index (χ3n) is 4.22. The summed E-state index contributed by atoms with van der Waals surface area (Å²) in [6.07, 6.45) is 7.01. The fourth-order valence-electron chi connectivity index (χ4n) is 3.23. The van der Waals surface area contributed by atoms with Gasteiger partial charge in [0.15, 0.2) is 0 Å². The number of hydrogen-bond donors (Lipinski definition) is 1. The van der Waals surface area contributed by atoms with Gasteiger partial charge < -0.3 is 10.2 Å². The van der Waals surface area contributed by atoms with Crippen molar-refractivity contribution in [3.05, 3.63) is 0 Å². The van der Waals surface area contributed by atoms with Gasteiger partial charge in [-0.3, -0.25) is 4.79 Å². The summed E-state index contributed by atoms with van der Waals surface area (Å²) < 4.78 is 0. The first-order valence-electron chi connectivity index (χ1n) is 7.26. The van der Waals surface area contributed by atoms with Crippen molar-refractivity contribution in [1.82, 2.24) is 10.2 Å². The Bertz CT molecular complexity index is 267. The second-order valence-electron chi connectivity index (χ2n) is 5.75. The lowest BCUT2D eigenvalue weighted by molar-refractivity contribution is -0.138. The highest BCUT2D eigenvalue weighted by atomic mass is 16.2. The smallest absolute Gasteiger partial charge is 0.239 e. The van der Waals surface area contributed by atoms with Gasteiger partial charge in [0, 0.05) is 12.6 Å². The Hall–Kier alpha value is -0.570. The van der Waals surface area contributed by atoms with Gasteiger partial charge in [-0.25, -0.2) is 0 Å². The molecule has 0 aromatic carbocycles. The van der Waals surface area contributed by atoms with Crippen molar-refractivity contribution in [2.24, 2.45) is 5.92 Å². The van der Waals surface area contributed by atoms with Gasteiger partial charge in [-0.05, 0) is 51.0 Å². The standard InChI is InChI=1S/C14H26N2O/c1-3-8-15-13-5-4-9-16(14(13)17)12-7-6-11(2)10-12/h11-13,15H,3-10H2,1-2H3. The van der Waals surface area contributed by atoms with Crippen LogP contribution in [-0.4, -0.2) is 36.0 Å². The van der Waals surface area contributed by atoms with E-state index in [1.54, 1.807) is 0 Å². The summed E-state index contributed by atoms with van der Waals surface area (Å²) >= 11 is 0. The van der Waals surface area contributed by atoms with Crippen molar-refractivity contribution in [2.75, 3.05) is 13.1 Å². The molecule has 1 heterocycles. The number of rotatable bonds is 4. The van der Waals surface area contributed by atoms with Gasteiger partial charge in [0.1, 0.15) is 0 Å². The molecule has 1 saturated heterocycles. The van der Waals surface area contributed by atoms with Crippen molar-refractivity contribution < 1.29 is 4.79 Å². The third kappa shape index (κ3) is 3.01. The van der Waals surface area contributed by atoms with E-state index in [2.05, 4.69) is 24.1 Å². The minimum absolute atomic E-state index is 0.0969. The van der Waals surface area contributed by atoms with Crippen molar-refractivity contribution >= 4 is 5.91 Å². The van der Waals surface area contributed by atoms with Crippen LogP contribution in [-0.2, 0) is 4.79 Å². The molecule has 0 aromatic heterocycles. The molecule has 0 radical (unpaired) electrons. The molecule has 1 N–H and O–H groups in total. The molecule has 3 atom stereocenters. The normalized spacial score (nSPS) is 34.4. The maximum Gasteiger partial charge on any atom is 0.239 e. The minimum atomic E-state index is 0.0969. The second-order valence-corrected chi connectivity index (χ2v) is 5.75. The van der Waals surface area contributed by atoms with E-state index in [1.807, 2.05) is 0 Å². The molecular formula is C14H26N2O. The summed E-state index contributed by atoms with van der Waals surface area (Å²) in [6, 6.07) is 0.628. The van der Waals surface area contributed by atoms with E-state index in [9.17, 15) is 4.79 Å². The summed E-state index contributed by atoms with van der Waals surface area (Å²) in [4.78, 5) is 14.6. The number of likely N-dealkylation sites (tertiary alicyclic amines) is 1. The summed E-state index contributed by atoms with van der Waals surface area (Å²) in [5.41, 5.74) is 0. The number of nitrogens with one attached hydrogen (secondary N) is 1. The van der Waals surface area contributed by atoms with Crippen LogP contribution in [0, 0.1) is 5.92 Å². The van der Waals surface area contributed by atoms with Crippen LogP contribution in [0.1, 0.15) is 52.4 Å². The maximum absolute atomic E-state index is 12.4. The van der Waals surface area contributed by atoms with Crippen molar-refractivity contribution in [3.63, 3.8) is 0 Å². The Morgan fingerprint density at radius 2 is 2.18 bits per heavy atom. The topological polar surface area (TPSA) is 32.3 Å². The van der Waals surface area contributed by atoms with Crippen LogP contribution in [0.5, 0.6) is 0 Å². The third-order valence-corrected chi connectivity index (χ3v) is 4.22. The molecule has 2 rings (SSSR count). The highest BCUT2D eigenvalue weighted by Gasteiger charge is 2.35. The molecule has 3 nitrogen and oxygen atoms in total. The first-order valence-corrected chi connectivity index (χ1v) is 7.26. The van der Waals surface area contributed by atoms with Crippen LogP contribution in [0.3, 0.4) is 0 Å². The van der Waals surface area contributed by atoms with Crippen LogP contribution in [0.15, 0.2) is 0 Å². The van der Waals surface area contributed by atoms with Crippen molar-refractivity contribution in [1.29, 1.82) is 0 Å². The molecule has 0 bridgehead atoms. The molecule has 17 heavy (non-hydrogen) atoms. The highest BCUT2D eigenvalue weighted by molar-refractivity contribution is 5.83. The zero-order chi connectivity index (χ0) is 12.3. The molecule has 2 aliphatic rings. The molecule has 1 saturated carbocycles. The number of nitrogens with zero attached hydrogens (tertiary/aromatic N) is 1. The molecular weight excluding hydrogens is 212 g/mol. The maximum atomic E-state index is 12.4. The number of hydrogen-bond acceptors (Lipinski definition) is 2. The lowest BCUT2D eigenvalue weighted by Gasteiger charge is -2.37. The fraction of sp³-hybridized carbons (Fsp3) is 0.929. The van der Waals surface area contributed by atoms with Gasteiger partial charge in [-0.1, -0.05) is 13.8 Å². The first kappa shape index (κ1) is 12.9. The van der Waals surface area contributed by atoms with E-state index in [0.717, 1.165) is 38.3 Å². The molecule has 1 aliphatic heterocycles. The Morgan fingerprint density at radius 3 is 2.82 bits per heavy atom. The number of amides is 1. The van der Waals surface area contributed by atoms with E-state index in [4.69, 9.17) is 0 Å². The molecule has 0 spiro atoms. The average Bonchev–Trinajstić information content (AvgIpc) is 2.74. The van der Waals surface area contributed by atoms with Crippen LogP contribution >= 0.6 is 0 Å². The molecule has 1 aliphatic carbocycles. The van der Waals surface area contributed by atoms with Crippen LogP contribution in [0.25, 0.3) is 0 Å². The summed E-state index contributed by atoms with van der Waals surface area (Å²) in [5.74, 6) is 1.17. The predicted molar refractivity (Wildman–Crippen MR) is 69.8 cm³/mol. The Labute approximate surface area is 105 Å². The lowest BCUT2D eigenvalue weighted by Crippen LogP contribution is -2.53. The lowest BCUT2D eigenvalue weighted by atomic mass is 10.0. The molecule has 0 aromatic rings. The zero-order valence-corrected chi connectivity index (χ0v) is 11.2. The van der Waals surface area contributed by atoms with Gasteiger partial charge in [-0.2, -0.15) is 0 Å². The van der Waals surface area contributed by atoms with E-state index >= 15 is 0 Å². The Balaban J connectivity index is 1.91. The number of piperidine rings is 1. The Morgan fingerprint density at radius 1 is 1.35 bits per heavy atom. The van der Waals surface area contributed by atoms with Gasteiger partial charge in [0.25, 0.3) is 0 Å². The second kappa shape index (κ2) is 5.85. The van der Waals surface area contributed by atoms with Gasteiger partial charge in [0.2, 0.25) is 5.91 Å². The molecule has 98 valence electrons. The predicted octanol–water partition coefficient (Wildman–Crippen LogP) is 2.17. The van der Waals surface area contributed by atoms with Gasteiger partial charge in [-0.15, -0.1) is 0 Å². The average molecular weight is 238 g/mol. The van der Waals surface area contributed by atoms with Crippen LogP contribution in [0.2, 0.25) is 0 Å². The molecule has 1 amide bonds. The van der Waals surface area contributed by atoms with E-state index in [0.29, 0.717) is 11.9 Å². The largest absolute Gasteiger partial charge is 0.338 e. The first-order chi connectivity index (χ1) is 8.22. The minimum Gasteiger partial charge on any atom is -0.338 e. The monoisotopic (exact) mass is 238 g/mol. The van der Waals surface area contributed by atoms with Crippen LogP contribution in [0.4, 0.5) is 0 Å². The molecule has 3 heteroatoms. The van der Waals surface area contributed by atoms with Gasteiger partial charge >= 0.3 is 0 Å². The Kier molecular flexibility index (Phi) is 4.43.